The van der Waals surface area contributed by atoms with E-state index in [1.807, 2.05) is 12.1 Å². The molecule has 0 aromatic heterocycles. The molecule has 0 atom stereocenters. The van der Waals surface area contributed by atoms with E-state index in [-0.39, 0.29) is 0 Å². The van der Waals surface area contributed by atoms with Crippen LogP contribution in [0.5, 0.6) is 0 Å². The molecule has 132 valence electrons. The van der Waals surface area contributed by atoms with Crippen molar-refractivity contribution in [2.24, 2.45) is 0 Å². The number of hydrogen-bond acceptors (Lipinski definition) is 2. The van der Waals surface area contributed by atoms with E-state index in [0.29, 0.717) is 10.7 Å². The Morgan fingerprint density at radius 3 is 2.00 bits per heavy atom. The average Bonchev–Trinajstić information content (AvgIpc) is 2.60. The van der Waals surface area contributed by atoms with Crippen LogP contribution in [0.15, 0.2) is 24.3 Å². The van der Waals surface area contributed by atoms with E-state index in [0.717, 1.165) is 18.7 Å². The lowest BCUT2D eigenvalue weighted by Gasteiger charge is -2.10. The molecular weight excluding hydrogens is 314 g/mol. The highest BCUT2D eigenvalue weighted by atomic mass is 32.1. The first-order valence-electron chi connectivity index (χ1n) is 9.31. The molecular formula is C20H31N3S. The number of thiocarbonyl (C=S) groups is 1. The van der Waals surface area contributed by atoms with Crippen molar-refractivity contribution in [3.63, 3.8) is 0 Å². The number of hydrogen-bond donors (Lipinski definition) is 2. The SMILES string of the molecule is CCCCCCCCCCCCNC(=S)Nc1ccc(C#N)cc1. The molecule has 0 unspecified atom stereocenters. The zero-order valence-electron chi connectivity index (χ0n) is 14.9. The lowest BCUT2D eigenvalue weighted by atomic mass is 10.1. The molecule has 0 saturated carbocycles. The van der Waals surface area contributed by atoms with Crippen molar-refractivity contribution < 1.29 is 0 Å². The molecule has 1 aromatic rings. The predicted octanol–water partition coefficient (Wildman–Crippen LogP) is 5.77. The van der Waals surface area contributed by atoms with Gasteiger partial charge in [0, 0.05) is 12.2 Å². The Morgan fingerprint density at radius 1 is 0.917 bits per heavy atom. The van der Waals surface area contributed by atoms with Gasteiger partial charge in [0.05, 0.1) is 11.6 Å². The van der Waals surface area contributed by atoms with Gasteiger partial charge in [-0.15, -0.1) is 0 Å². The molecule has 1 rings (SSSR count). The van der Waals surface area contributed by atoms with E-state index in [4.69, 9.17) is 17.5 Å². The van der Waals surface area contributed by atoms with Gasteiger partial charge in [0.15, 0.2) is 5.11 Å². The number of nitrogens with zero attached hydrogens (tertiary/aromatic N) is 1. The second-order valence-corrected chi connectivity index (χ2v) is 6.66. The lowest BCUT2D eigenvalue weighted by Crippen LogP contribution is -2.29. The minimum Gasteiger partial charge on any atom is -0.362 e. The Labute approximate surface area is 152 Å². The molecule has 4 heteroatoms. The maximum absolute atomic E-state index is 8.77. The molecule has 0 fully saturated rings. The second kappa shape index (κ2) is 13.8. The van der Waals surface area contributed by atoms with Crippen LogP contribution in [0.2, 0.25) is 0 Å². The van der Waals surface area contributed by atoms with Gasteiger partial charge in [0.25, 0.3) is 0 Å². The topological polar surface area (TPSA) is 47.8 Å². The lowest BCUT2D eigenvalue weighted by molar-refractivity contribution is 0.555. The molecule has 0 bridgehead atoms. The van der Waals surface area contributed by atoms with Gasteiger partial charge in [0.2, 0.25) is 0 Å². The van der Waals surface area contributed by atoms with Crippen LogP contribution < -0.4 is 10.6 Å². The fraction of sp³-hybridized carbons (Fsp3) is 0.600. The number of nitriles is 1. The predicted molar refractivity (Wildman–Crippen MR) is 107 cm³/mol. The van der Waals surface area contributed by atoms with Crippen molar-refractivity contribution in [2.45, 2.75) is 71.1 Å². The standard InChI is InChI=1S/C20H31N3S/c1-2-3-4-5-6-7-8-9-10-11-16-22-20(24)23-19-14-12-18(17-21)13-15-19/h12-15H,2-11,16H2,1H3,(H2,22,23,24). The van der Waals surface area contributed by atoms with Crippen LogP contribution in [0.25, 0.3) is 0 Å². The van der Waals surface area contributed by atoms with Crippen molar-refractivity contribution in [1.82, 2.24) is 5.32 Å². The number of benzene rings is 1. The fourth-order valence-corrected chi connectivity index (χ4v) is 2.84. The maximum Gasteiger partial charge on any atom is 0.170 e. The van der Waals surface area contributed by atoms with Gasteiger partial charge in [-0.1, -0.05) is 64.7 Å². The summed E-state index contributed by atoms with van der Waals surface area (Å²) in [5.74, 6) is 0. The third-order valence-corrected chi connectivity index (χ3v) is 4.33. The summed E-state index contributed by atoms with van der Waals surface area (Å²) in [7, 11) is 0. The Hall–Kier alpha value is -1.60. The molecule has 0 amide bonds. The molecule has 0 aliphatic rings. The molecule has 3 nitrogen and oxygen atoms in total. The fourth-order valence-electron chi connectivity index (χ4n) is 2.62. The van der Waals surface area contributed by atoms with E-state index in [1.54, 1.807) is 12.1 Å². The van der Waals surface area contributed by atoms with E-state index >= 15 is 0 Å². The van der Waals surface area contributed by atoms with Gasteiger partial charge in [-0.25, -0.2) is 0 Å². The normalized spacial score (nSPS) is 10.2. The van der Waals surface area contributed by atoms with E-state index in [2.05, 4.69) is 23.6 Å². The van der Waals surface area contributed by atoms with Crippen molar-refractivity contribution in [1.29, 1.82) is 5.26 Å². The average molecular weight is 346 g/mol. The summed E-state index contributed by atoms with van der Waals surface area (Å²) >= 11 is 5.28. The highest BCUT2D eigenvalue weighted by molar-refractivity contribution is 7.80. The molecule has 0 spiro atoms. The number of nitrogens with one attached hydrogen (secondary N) is 2. The molecule has 24 heavy (non-hydrogen) atoms. The van der Waals surface area contributed by atoms with Crippen LogP contribution in [-0.2, 0) is 0 Å². The van der Waals surface area contributed by atoms with Crippen LogP contribution in [0.3, 0.4) is 0 Å². The molecule has 0 aliphatic heterocycles. The van der Waals surface area contributed by atoms with Crippen molar-refractivity contribution in [2.75, 3.05) is 11.9 Å². The molecule has 0 heterocycles. The van der Waals surface area contributed by atoms with E-state index in [9.17, 15) is 0 Å². The van der Waals surface area contributed by atoms with Crippen molar-refractivity contribution >= 4 is 23.0 Å². The summed E-state index contributed by atoms with van der Waals surface area (Å²) in [6, 6.07) is 9.41. The van der Waals surface area contributed by atoms with Gasteiger partial charge in [-0.2, -0.15) is 5.26 Å². The zero-order valence-corrected chi connectivity index (χ0v) is 15.8. The van der Waals surface area contributed by atoms with E-state index < -0.39 is 0 Å². The highest BCUT2D eigenvalue weighted by Gasteiger charge is 1.98. The Morgan fingerprint density at radius 2 is 1.46 bits per heavy atom. The molecule has 2 N–H and O–H groups in total. The number of unbranched alkanes of at least 4 members (excludes halogenated alkanes) is 9. The monoisotopic (exact) mass is 345 g/mol. The van der Waals surface area contributed by atoms with Gasteiger partial charge in [-0.05, 0) is 42.9 Å². The van der Waals surface area contributed by atoms with Gasteiger partial charge < -0.3 is 10.6 Å². The minimum atomic E-state index is 0.649. The third-order valence-electron chi connectivity index (χ3n) is 4.09. The number of anilines is 1. The minimum absolute atomic E-state index is 0.649. The largest absolute Gasteiger partial charge is 0.362 e. The molecule has 0 saturated heterocycles. The first-order chi connectivity index (χ1) is 11.8. The van der Waals surface area contributed by atoms with Crippen LogP contribution in [0.1, 0.15) is 76.7 Å². The summed E-state index contributed by atoms with van der Waals surface area (Å²) in [6.45, 7) is 3.18. The zero-order chi connectivity index (χ0) is 17.5. The first-order valence-corrected chi connectivity index (χ1v) is 9.72. The smallest absolute Gasteiger partial charge is 0.170 e. The molecule has 0 radical (unpaired) electrons. The number of rotatable bonds is 12. The molecule has 1 aromatic carbocycles. The maximum atomic E-state index is 8.77. The van der Waals surface area contributed by atoms with Crippen molar-refractivity contribution in [3.8, 4) is 6.07 Å². The van der Waals surface area contributed by atoms with Crippen LogP contribution in [0.4, 0.5) is 5.69 Å². The molecule has 0 aliphatic carbocycles. The highest BCUT2D eigenvalue weighted by Crippen LogP contribution is 2.10. The van der Waals surface area contributed by atoms with Crippen molar-refractivity contribution in [3.05, 3.63) is 29.8 Å². The first kappa shape index (κ1) is 20.4. The third kappa shape index (κ3) is 10.2. The van der Waals surface area contributed by atoms with Gasteiger partial charge in [0.1, 0.15) is 0 Å². The Balaban J connectivity index is 1.95. The Bertz CT molecular complexity index is 491. The van der Waals surface area contributed by atoms with E-state index in [1.165, 1.54) is 57.8 Å². The quantitative estimate of drug-likeness (QED) is 0.373. The van der Waals surface area contributed by atoms with Crippen LogP contribution in [0, 0.1) is 11.3 Å². The Kier molecular flexibility index (Phi) is 11.8. The van der Waals surface area contributed by atoms with Gasteiger partial charge in [-0.3, -0.25) is 0 Å². The summed E-state index contributed by atoms with van der Waals surface area (Å²) in [5, 5.41) is 15.8. The summed E-state index contributed by atoms with van der Waals surface area (Å²) in [4.78, 5) is 0. The summed E-state index contributed by atoms with van der Waals surface area (Å²) in [6.07, 6.45) is 13.4. The summed E-state index contributed by atoms with van der Waals surface area (Å²) < 4.78 is 0. The van der Waals surface area contributed by atoms with Crippen LogP contribution in [-0.4, -0.2) is 11.7 Å². The summed E-state index contributed by atoms with van der Waals surface area (Å²) in [5.41, 5.74) is 1.57. The van der Waals surface area contributed by atoms with Crippen LogP contribution >= 0.6 is 12.2 Å². The second-order valence-electron chi connectivity index (χ2n) is 6.25. The van der Waals surface area contributed by atoms with Gasteiger partial charge >= 0.3 is 0 Å².